The lowest BCUT2D eigenvalue weighted by Gasteiger charge is -2.39. The molecule has 6 nitrogen and oxygen atoms in total. The van der Waals surface area contributed by atoms with Gasteiger partial charge >= 0.3 is 0 Å². The lowest BCUT2D eigenvalue weighted by atomic mass is 9.93. The summed E-state index contributed by atoms with van der Waals surface area (Å²) in [6.45, 7) is 7.14. The highest BCUT2D eigenvalue weighted by Crippen LogP contribution is 2.27. The molecule has 0 aromatic carbocycles. The van der Waals surface area contributed by atoms with Gasteiger partial charge < -0.3 is 14.8 Å². The lowest BCUT2D eigenvalue weighted by molar-refractivity contribution is 0.189. The lowest BCUT2D eigenvalue weighted by Crippen LogP contribution is -2.48. The van der Waals surface area contributed by atoms with Crippen molar-refractivity contribution in [3.63, 3.8) is 0 Å². The molecule has 1 fully saturated rings. The smallest absolute Gasteiger partial charge is 0.194 e. The predicted molar refractivity (Wildman–Crippen MR) is 109 cm³/mol. The molecule has 0 aliphatic carbocycles. The summed E-state index contributed by atoms with van der Waals surface area (Å²) in [5, 5.41) is 3.48. The minimum atomic E-state index is 0. The van der Waals surface area contributed by atoms with Crippen LogP contribution in [0, 0.1) is 12.8 Å². The van der Waals surface area contributed by atoms with Crippen molar-refractivity contribution in [3.8, 4) is 0 Å². The van der Waals surface area contributed by atoms with Gasteiger partial charge in [-0.05, 0) is 19.3 Å². The van der Waals surface area contributed by atoms with Crippen LogP contribution in [0.3, 0.4) is 0 Å². The molecule has 0 radical (unpaired) electrons. The molecule has 2 aromatic heterocycles. The van der Waals surface area contributed by atoms with E-state index in [0.29, 0.717) is 12.0 Å². The maximum atomic E-state index is 4.47. The Labute approximate surface area is 164 Å². The number of hydrogen-bond acceptors (Lipinski definition) is 4. The number of aliphatic imine (C=N–C) groups is 1. The highest BCUT2D eigenvalue weighted by atomic mass is 127. The summed E-state index contributed by atoms with van der Waals surface area (Å²) in [7, 11) is 1.85. The van der Waals surface area contributed by atoms with Gasteiger partial charge in [0.2, 0.25) is 0 Å². The van der Waals surface area contributed by atoms with Crippen molar-refractivity contribution in [2.75, 3.05) is 20.1 Å². The van der Waals surface area contributed by atoms with E-state index in [4.69, 9.17) is 0 Å². The van der Waals surface area contributed by atoms with Gasteiger partial charge in [0.05, 0.1) is 30.1 Å². The van der Waals surface area contributed by atoms with Crippen LogP contribution in [0.4, 0.5) is 0 Å². The molecule has 0 spiro atoms. The van der Waals surface area contributed by atoms with Crippen LogP contribution in [-0.2, 0) is 6.54 Å². The second kappa shape index (κ2) is 8.80. The minimum absolute atomic E-state index is 0. The quantitative estimate of drug-likeness (QED) is 0.435. The number of thiazole rings is 1. The van der Waals surface area contributed by atoms with Crippen LogP contribution in [0.5, 0.6) is 0 Å². The maximum absolute atomic E-state index is 4.47. The van der Waals surface area contributed by atoms with Crippen LogP contribution in [0.15, 0.2) is 29.2 Å². The number of likely N-dealkylation sites (tertiary alicyclic amines) is 1. The van der Waals surface area contributed by atoms with Crippen molar-refractivity contribution in [1.82, 2.24) is 24.8 Å². The molecule has 3 heterocycles. The summed E-state index contributed by atoms with van der Waals surface area (Å²) in [6, 6.07) is 0.440. The molecule has 3 rings (SSSR count). The molecule has 2 unspecified atom stereocenters. The van der Waals surface area contributed by atoms with E-state index in [1.165, 1.54) is 4.88 Å². The Kier molecular flexibility index (Phi) is 7.02. The molecule has 0 bridgehead atoms. The molecule has 1 aliphatic heterocycles. The van der Waals surface area contributed by atoms with Crippen molar-refractivity contribution < 1.29 is 0 Å². The van der Waals surface area contributed by atoms with Crippen LogP contribution < -0.4 is 5.32 Å². The SMILES string of the molecule is CN=C(NCc1scnc1C)N1CCC(C)C(n2ccnc2)C1.I. The number of aromatic nitrogens is 3. The van der Waals surface area contributed by atoms with Gasteiger partial charge in [-0.25, -0.2) is 9.97 Å². The topological polar surface area (TPSA) is 58.3 Å². The average molecular weight is 460 g/mol. The first-order valence-corrected chi connectivity index (χ1v) is 8.89. The molecule has 1 saturated heterocycles. The molecule has 0 amide bonds. The molecular formula is C16H25IN6S. The molecule has 132 valence electrons. The van der Waals surface area contributed by atoms with Gasteiger partial charge in [0, 0.05) is 37.4 Å². The van der Waals surface area contributed by atoms with E-state index in [2.05, 4.69) is 42.9 Å². The van der Waals surface area contributed by atoms with Gasteiger partial charge in [0.1, 0.15) is 0 Å². The van der Waals surface area contributed by atoms with E-state index in [9.17, 15) is 0 Å². The average Bonchev–Trinajstić information content (AvgIpc) is 3.21. The standard InChI is InChI=1S/C16H24N6S.HI/c1-12-4-6-21(9-14(12)22-7-5-18-10-22)16(17-3)19-8-15-13(2)20-11-23-15;/h5,7,10-12,14H,4,6,8-9H2,1-3H3,(H,17,19);1H. The molecule has 1 aliphatic rings. The van der Waals surface area contributed by atoms with Gasteiger partial charge in [-0.2, -0.15) is 0 Å². The Morgan fingerprint density at radius 2 is 2.33 bits per heavy atom. The molecule has 2 aromatic rings. The summed E-state index contributed by atoms with van der Waals surface area (Å²) in [5.41, 5.74) is 2.99. The highest BCUT2D eigenvalue weighted by Gasteiger charge is 2.28. The fraction of sp³-hybridized carbons (Fsp3) is 0.562. The summed E-state index contributed by atoms with van der Waals surface area (Å²) in [6.07, 6.45) is 6.98. The van der Waals surface area contributed by atoms with Gasteiger partial charge in [0.25, 0.3) is 0 Å². The maximum Gasteiger partial charge on any atom is 0.194 e. The van der Waals surface area contributed by atoms with Crippen molar-refractivity contribution in [2.45, 2.75) is 32.9 Å². The molecular weight excluding hydrogens is 435 g/mol. The highest BCUT2D eigenvalue weighted by molar-refractivity contribution is 14.0. The fourth-order valence-corrected chi connectivity index (χ4v) is 3.80. The van der Waals surface area contributed by atoms with E-state index in [1.54, 1.807) is 11.3 Å². The van der Waals surface area contributed by atoms with Gasteiger partial charge in [0.15, 0.2) is 5.96 Å². The summed E-state index contributed by atoms with van der Waals surface area (Å²) < 4.78 is 2.22. The normalized spacial score (nSPS) is 21.5. The fourth-order valence-electron chi connectivity index (χ4n) is 3.08. The zero-order chi connectivity index (χ0) is 16.2. The molecule has 0 saturated carbocycles. The van der Waals surface area contributed by atoms with Crippen molar-refractivity contribution in [1.29, 1.82) is 0 Å². The van der Waals surface area contributed by atoms with Gasteiger partial charge in [-0.15, -0.1) is 35.3 Å². The van der Waals surface area contributed by atoms with Crippen LogP contribution in [0.2, 0.25) is 0 Å². The summed E-state index contributed by atoms with van der Waals surface area (Å²) >= 11 is 1.69. The monoisotopic (exact) mass is 460 g/mol. The Balaban J connectivity index is 0.00000208. The number of piperidine rings is 1. The second-order valence-corrected chi connectivity index (χ2v) is 6.99. The number of halogens is 1. The number of hydrogen-bond donors (Lipinski definition) is 1. The number of nitrogens with one attached hydrogen (secondary N) is 1. The van der Waals surface area contributed by atoms with Gasteiger partial charge in [-0.3, -0.25) is 4.99 Å². The van der Waals surface area contributed by atoms with Crippen LogP contribution in [0.25, 0.3) is 0 Å². The van der Waals surface area contributed by atoms with Crippen molar-refractivity contribution >= 4 is 41.3 Å². The molecule has 1 N–H and O–H groups in total. The number of imidazole rings is 1. The number of aryl methyl sites for hydroxylation is 1. The van der Waals surface area contributed by atoms with Gasteiger partial charge in [-0.1, -0.05) is 6.92 Å². The summed E-state index contributed by atoms with van der Waals surface area (Å²) in [5.74, 6) is 1.61. The largest absolute Gasteiger partial charge is 0.351 e. The van der Waals surface area contributed by atoms with Crippen molar-refractivity contribution in [3.05, 3.63) is 34.8 Å². The Bertz CT molecular complexity index is 653. The van der Waals surface area contributed by atoms with E-state index < -0.39 is 0 Å². The first kappa shape index (κ1) is 19.2. The molecule has 24 heavy (non-hydrogen) atoms. The Morgan fingerprint density at radius 1 is 1.50 bits per heavy atom. The number of nitrogens with zero attached hydrogens (tertiary/aromatic N) is 5. The second-order valence-electron chi connectivity index (χ2n) is 6.05. The number of rotatable bonds is 3. The first-order chi connectivity index (χ1) is 11.2. The van der Waals surface area contributed by atoms with E-state index in [0.717, 1.165) is 37.7 Å². The Hall–Kier alpha value is -1.16. The van der Waals surface area contributed by atoms with Crippen LogP contribution in [-0.4, -0.2) is 45.5 Å². The molecule has 8 heteroatoms. The third-order valence-electron chi connectivity index (χ3n) is 4.59. The molecule has 2 atom stereocenters. The Morgan fingerprint density at radius 3 is 2.96 bits per heavy atom. The third kappa shape index (κ3) is 4.27. The zero-order valence-electron chi connectivity index (χ0n) is 14.3. The van der Waals surface area contributed by atoms with Crippen LogP contribution >= 0.6 is 35.3 Å². The minimum Gasteiger partial charge on any atom is -0.351 e. The number of guanidine groups is 1. The zero-order valence-corrected chi connectivity index (χ0v) is 17.5. The summed E-state index contributed by atoms with van der Waals surface area (Å²) in [4.78, 5) is 16.6. The first-order valence-electron chi connectivity index (χ1n) is 8.01. The van der Waals surface area contributed by atoms with E-state index in [1.807, 2.05) is 32.0 Å². The van der Waals surface area contributed by atoms with Crippen molar-refractivity contribution in [2.24, 2.45) is 10.9 Å². The predicted octanol–water partition coefficient (Wildman–Crippen LogP) is 2.92. The third-order valence-corrected chi connectivity index (χ3v) is 5.52. The van der Waals surface area contributed by atoms with E-state index >= 15 is 0 Å². The van der Waals surface area contributed by atoms with Crippen LogP contribution in [0.1, 0.15) is 30.0 Å². The van der Waals surface area contributed by atoms with E-state index in [-0.39, 0.29) is 24.0 Å².